The van der Waals surface area contributed by atoms with Crippen LogP contribution >= 0.6 is 0 Å². The Hall–Kier alpha value is -2.58. The van der Waals surface area contributed by atoms with Crippen molar-refractivity contribution in [2.45, 2.75) is 13.3 Å². The summed E-state index contributed by atoms with van der Waals surface area (Å²) >= 11 is 0. The lowest BCUT2D eigenvalue weighted by atomic mass is 10.1. The molecule has 0 saturated heterocycles. The Balaban J connectivity index is 2.10. The van der Waals surface area contributed by atoms with Gasteiger partial charge in [0.2, 0.25) is 5.88 Å². The Kier molecular flexibility index (Phi) is 4.53. The van der Waals surface area contributed by atoms with Crippen LogP contribution in [0.4, 0.5) is 5.88 Å². The number of nitrogens with zero attached hydrogens (tertiary/aromatic N) is 1. The molecule has 1 heterocycles. The molecule has 0 radical (unpaired) electrons. The number of amides is 1. The monoisotopic (exact) mass is 270 g/mol. The minimum absolute atomic E-state index is 0.0258. The molecule has 2 aromatic rings. The fourth-order valence-corrected chi connectivity index (χ4v) is 1.57. The quantitative estimate of drug-likeness (QED) is 0.836. The second-order valence-electron chi connectivity index (χ2n) is 4.14. The molecule has 5 heteroatoms. The number of carbonyl (C=O) groups excluding carboxylic acids is 1. The highest BCUT2D eigenvalue weighted by molar-refractivity contribution is 6.03. The van der Waals surface area contributed by atoms with Crippen molar-refractivity contribution in [1.82, 2.24) is 5.16 Å². The molecule has 2 rings (SSSR count). The van der Waals surface area contributed by atoms with Crippen molar-refractivity contribution >= 4 is 11.8 Å². The number of carbonyl (C=O) groups is 1. The van der Waals surface area contributed by atoms with E-state index in [2.05, 4.69) is 22.3 Å². The summed E-state index contributed by atoms with van der Waals surface area (Å²) in [6.45, 7) is 1.80. The van der Waals surface area contributed by atoms with E-state index in [1.165, 1.54) is 0 Å². The Morgan fingerprint density at radius 1 is 1.45 bits per heavy atom. The lowest BCUT2D eigenvalue weighted by Crippen LogP contribution is -2.11. The summed E-state index contributed by atoms with van der Waals surface area (Å²) in [6, 6.07) is 8.57. The molecule has 20 heavy (non-hydrogen) atoms. The van der Waals surface area contributed by atoms with Gasteiger partial charge in [-0.25, -0.2) is 0 Å². The molecule has 0 unspecified atom stereocenters. The number of anilines is 1. The summed E-state index contributed by atoms with van der Waals surface area (Å²) in [6.07, 6.45) is 0.410. The zero-order chi connectivity index (χ0) is 14.4. The molecule has 2 N–H and O–H groups in total. The summed E-state index contributed by atoms with van der Waals surface area (Å²) in [5, 5.41) is 15.0. The van der Waals surface area contributed by atoms with Crippen LogP contribution in [0.25, 0.3) is 0 Å². The van der Waals surface area contributed by atoms with Gasteiger partial charge in [-0.05, 0) is 25.1 Å². The SMILES string of the molecule is Cc1cc(NC(=O)c2cccc(C#CCCO)c2)on1. The van der Waals surface area contributed by atoms with Crippen LogP contribution in [0.15, 0.2) is 34.9 Å². The fourth-order valence-electron chi connectivity index (χ4n) is 1.57. The normalized spacial score (nSPS) is 9.70. The standard InChI is InChI=1S/C15H14N2O3/c1-11-9-14(20-17-11)16-15(19)13-7-4-6-12(10-13)5-2-3-8-18/h4,6-7,9-10,18H,3,8H2,1H3,(H,16,19). The van der Waals surface area contributed by atoms with E-state index in [-0.39, 0.29) is 12.5 Å². The van der Waals surface area contributed by atoms with E-state index in [9.17, 15) is 4.79 Å². The molecule has 102 valence electrons. The number of aryl methyl sites for hydroxylation is 1. The fraction of sp³-hybridized carbons (Fsp3) is 0.200. The van der Waals surface area contributed by atoms with Crippen LogP contribution in [0.2, 0.25) is 0 Å². The van der Waals surface area contributed by atoms with E-state index < -0.39 is 0 Å². The van der Waals surface area contributed by atoms with Crippen molar-refractivity contribution in [2.24, 2.45) is 0 Å². The molecule has 0 atom stereocenters. The molecule has 0 aliphatic heterocycles. The number of benzene rings is 1. The molecule has 0 aliphatic rings. The average Bonchev–Trinajstić information content (AvgIpc) is 2.85. The zero-order valence-electron chi connectivity index (χ0n) is 11.0. The molecule has 0 aliphatic carbocycles. The predicted molar refractivity (Wildman–Crippen MR) is 74.2 cm³/mol. The van der Waals surface area contributed by atoms with E-state index in [0.717, 1.165) is 5.56 Å². The molecule has 0 fully saturated rings. The maximum absolute atomic E-state index is 12.0. The van der Waals surface area contributed by atoms with Crippen LogP contribution < -0.4 is 5.32 Å². The number of rotatable bonds is 3. The number of aliphatic hydroxyl groups excluding tert-OH is 1. The Labute approximate surface area is 116 Å². The van der Waals surface area contributed by atoms with Gasteiger partial charge in [0.05, 0.1) is 12.3 Å². The largest absolute Gasteiger partial charge is 0.395 e. The Morgan fingerprint density at radius 2 is 2.30 bits per heavy atom. The van der Waals surface area contributed by atoms with Gasteiger partial charge in [-0.2, -0.15) is 0 Å². The maximum atomic E-state index is 12.0. The molecular formula is C15H14N2O3. The third-order valence-corrected chi connectivity index (χ3v) is 2.46. The van der Waals surface area contributed by atoms with Gasteiger partial charge in [-0.3, -0.25) is 10.1 Å². The van der Waals surface area contributed by atoms with Gasteiger partial charge in [-0.15, -0.1) is 0 Å². The molecule has 5 nitrogen and oxygen atoms in total. The van der Waals surface area contributed by atoms with Crippen molar-refractivity contribution in [1.29, 1.82) is 0 Å². The molecule has 1 aromatic heterocycles. The molecule has 0 bridgehead atoms. The number of hydrogen-bond donors (Lipinski definition) is 2. The van der Waals surface area contributed by atoms with Gasteiger partial charge < -0.3 is 9.63 Å². The summed E-state index contributed by atoms with van der Waals surface area (Å²) in [4.78, 5) is 12.0. The van der Waals surface area contributed by atoms with Gasteiger partial charge in [0.1, 0.15) is 0 Å². The second-order valence-corrected chi connectivity index (χ2v) is 4.14. The molecular weight excluding hydrogens is 256 g/mol. The van der Waals surface area contributed by atoms with Crippen LogP contribution in [0.1, 0.15) is 28.0 Å². The first kappa shape index (κ1) is 13.8. The minimum Gasteiger partial charge on any atom is -0.395 e. The van der Waals surface area contributed by atoms with Gasteiger partial charge in [0.25, 0.3) is 5.91 Å². The van der Waals surface area contributed by atoms with Crippen LogP contribution in [0.5, 0.6) is 0 Å². The van der Waals surface area contributed by atoms with Crippen molar-refractivity contribution in [3.8, 4) is 11.8 Å². The third kappa shape index (κ3) is 3.70. The van der Waals surface area contributed by atoms with Gasteiger partial charge >= 0.3 is 0 Å². The van der Waals surface area contributed by atoms with E-state index in [4.69, 9.17) is 9.63 Å². The highest BCUT2D eigenvalue weighted by Crippen LogP contribution is 2.11. The number of aromatic nitrogens is 1. The van der Waals surface area contributed by atoms with E-state index >= 15 is 0 Å². The zero-order valence-corrected chi connectivity index (χ0v) is 11.0. The van der Waals surface area contributed by atoms with Gasteiger partial charge in [0, 0.05) is 23.6 Å². The highest BCUT2D eigenvalue weighted by Gasteiger charge is 2.09. The summed E-state index contributed by atoms with van der Waals surface area (Å²) < 4.78 is 4.93. The summed E-state index contributed by atoms with van der Waals surface area (Å²) in [7, 11) is 0. The van der Waals surface area contributed by atoms with Crippen LogP contribution in [0.3, 0.4) is 0 Å². The summed E-state index contributed by atoms with van der Waals surface area (Å²) in [5.74, 6) is 5.72. The topological polar surface area (TPSA) is 75.4 Å². The second kappa shape index (κ2) is 6.55. The van der Waals surface area contributed by atoms with Crippen molar-refractivity contribution in [3.05, 3.63) is 47.2 Å². The summed E-state index contributed by atoms with van der Waals surface area (Å²) in [5.41, 5.74) is 1.90. The molecule has 1 amide bonds. The average molecular weight is 270 g/mol. The number of nitrogens with one attached hydrogen (secondary N) is 1. The Morgan fingerprint density at radius 3 is 3.00 bits per heavy atom. The first-order chi connectivity index (χ1) is 9.69. The predicted octanol–water partition coefficient (Wildman–Crippen LogP) is 1.97. The van der Waals surface area contributed by atoms with Crippen LogP contribution in [-0.2, 0) is 0 Å². The first-order valence-corrected chi connectivity index (χ1v) is 6.13. The van der Waals surface area contributed by atoms with Crippen molar-refractivity contribution in [3.63, 3.8) is 0 Å². The lowest BCUT2D eigenvalue weighted by Gasteiger charge is -2.01. The van der Waals surface area contributed by atoms with Gasteiger partial charge in [0.15, 0.2) is 0 Å². The van der Waals surface area contributed by atoms with Gasteiger partial charge in [-0.1, -0.05) is 23.1 Å². The minimum atomic E-state index is -0.285. The van der Waals surface area contributed by atoms with E-state index in [1.54, 1.807) is 37.3 Å². The van der Waals surface area contributed by atoms with E-state index in [1.807, 2.05) is 0 Å². The Bertz CT molecular complexity index is 665. The molecule has 0 saturated carbocycles. The van der Waals surface area contributed by atoms with E-state index in [0.29, 0.717) is 23.6 Å². The first-order valence-electron chi connectivity index (χ1n) is 6.13. The third-order valence-electron chi connectivity index (χ3n) is 2.46. The van der Waals surface area contributed by atoms with Crippen LogP contribution in [0, 0.1) is 18.8 Å². The number of hydrogen-bond acceptors (Lipinski definition) is 4. The van der Waals surface area contributed by atoms with Crippen molar-refractivity contribution in [2.75, 3.05) is 11.9 Å². The maximum Gasteiger partial charge on any atom is 0.258 e. The number of aliphatic hydroxyl groups is 1. The highest BCUT2D eigenvalue weighted by atomic mass is 16.5. The molecule has 0 spiro atoms. The molecule has 1 aromatic carbocycles. The van der Waals surface area contributed by atoms with Crippen molar-refractivity contribution < 1.29 is 14.4 Å². The smallest absolute Gasteiger partial charge is 0.258 e. The van der Waals surface area contributed by atoms with Crippen LogP contribution in [-0.4, -0.2) is 22.8 Å². The lowest BCUT2D eigenvalue weighted by molar-refractivity contribution is 0.102.